The summed E-state index contributed by atoms with van der Waals surface area (Å²) < 4.78 is 7.40. The molecule has 1 unspecified atom stereocenters. The van der Waals surface area contributed by atoms with E-state index < -0.39 is 0 Å². The van der Waals surface area contributed by atoms with E-state index in [4.69, 9.17) is 4.74 Å². The summed E-state index contributed by atoms with van der Waals surface area (Å²) in [6, 6.07) is 10.3. The highest BCUT2D eigenvalue weighted by molar-refractivity contribution is 7.07. The molecule has 1 N–H and O–H groups in total. The smallest absolute Gasteiger partial charge is 0.130 e. The van der Waals surface area contributed by atoms with Gasteiger partial charge in [-0.1, -0.05) is 12.1 Å². The summed E-state index contributed by atoms with van der Waals surface area (Å²) in [7, 11) is 3.70. The molecule has 3 rings (SSSR count). The third kappa shape index (κ3) is 3.21. The monoisotopic (exact) mass is 313 g/mol. The molecule has 0 spiro atoms. The highest BCUT2D eigenvalue weighted by atomic mass is 32.1. The van der Waals surface area contributed by atoms with Crippen LogP contribution in [0.3, 0.4) is 0 Å². The summed E-state index contributed by atoms with van der Waals surface area (Å²) in [4.78, 5) is 4.51. The standard InChI is InChI=1S/C17H19N3OS/c1-20-8-7-18-17(20)16(19-11-13-6-9-22-12-13)14-4-3-5-15(10-14)21-2/h3-10,12,16,19H,11H2,1-2H3. The van der Waals surface area contributed by atoms with Crippen LogP contribution in [-0.4, -0.2) is 16.7 Å². The molecule has 1 atom stereocenters. The minimum Gasteiger partial charge on any atom is -0.497 e. The highest BCUT2D eigenvalue weighted by Crippen LogP contribution is 2.24. The van der Waals surface area contributed by atoms with Crippen LogP contribution < -0.4 is 10.1 Å². The molecule has 22 heavy (non-hydrogen) atoms. The van der Waals surface area contributed by atoms with Gasteiger partial charge in [-0.2, -0.15) is 11.3 Å². The summed E-state index contributed by atoms with van der Waals surface area (Å²) in [6.45, 7) is 0.804. The third-order valence-electron chi connectivity index (χ3n) is 3.63. The van der Waals surface area contributed by atoms with Crippen LogP contribution >= 0.6 is 11.3 Å². The first-order chi connectivity index (χ1) is 10.8. The van der Waals surface area contributed by atoms with Gasteiger partial charge in [-0.05, 0) is 40.1 Å². The first-order valence-corrected chi connectivity index (χ1v) is 8.08. The molecule has 1 aromatic carbocycles. The summed E-state index contributed by atoms with van der Waals surface area (Å²) in [5, 5.41) is 7.86. The van der Waals surface area contributed by atoms with Crippen molar-refractivity contribution in [3.63, 3.8) is 0 Å². The second kappa shape index (κ2) is 6.77. The molecular weight excluding hydrogens is 294 g/mol. The Morgan fingerprint density at radius 1 is 1.36 bits per heavy atom. The zero-order valence-corrected chi connectivity index (χ0v) is 13.5. The lowest BCUT2D eigenvalue weighted by atomic mass is 10.1. The number of aromatic nitrogens is 2. The fourth-order valence-corrected chi connectivity index (χ4v) is 3.12. The van der Waals surface area contributed by atoms with Gasteiger partial charge >= 0.3 is 0 Å². The van der Waals surface area contributed by atoms with Crippen LogP contribution in [0.1, 0.15) is 23.0 Å². The number of rotatable bonds is 6. The van der Waals surface area contributed by atoms with Crippen molar-refractivity contribution < 1.29 is 4.74 Å². The van der Waals surface area contributed by atoms with E-state index in [1.807, 2.05) is 36.1 Å². The Balaban J connectivity index is 1.90. The Labute approximate surface area is 134 Å². The van der Waals surface area contributed by atoms with Crippen molar-refractivity contribution in [1.82, 2.24) is 14.9 Å². The molecule has 5 heteroatoms. The van der Waals surface area contributed by atoms with E-state index >= 15 is 0 Å². The van der Waals surface area contributed by atoms with Gasteiger partial charge in [0.15, 0.2) is 0 Å². The van der Waals surface area contributed by atoms with Gasteiger partial charge in [0.25, 0.3) is 0 Å². The number of hydrogen-bond donors (Lipinski definition) is 1. The average Bonchev–Trinajstić information content (AvgIpc) is 3.20. The first kappa shape index (κ1) is 14.8. The van der Waals surface area contributed by atoms with Crippen molar-refractivity contribution in [3.05, 3.63) is 70.4 Å². The Kier molecular flexibility index (Phi) is 4.56. The molecule has 3 aromatic rings. The van der Waals surface area contributed by atoms with Gasteiger partial charge in [0.1, 0.15) is 11.6 Å². The average molecular weight is 313 g/mol. The fraction of sp³-hybridized carbons (Fsp3) is 0.235. The molecule has 2 aromatic heterocycles. The van der Waals surface area contributed by atoms with Gasteiger partial charge in [0.2, 0.25) is 0 Å². The van der Waals surface area contributed by atoms with E-state index in [0.29, 0.717) is 0 Å². The molecule has 0 saturated heterocycles. The number of imidazole rings is 1. The van der Waals surface area contributed by atoms with Crippen molar-refractivity contribution in [2.24, 2.45) is 7.05 Å². The van der Waals surface area contributed by atoms with Gasteiger partial charge in [0, 0.05) is 26.0 Å². The minimum absolute atomic E-state index is 0.0231. The summed E-state index contributed by atoms with van der Waals surface area (Å²) in [5.74, 6) is 1.84. The third-order valence-corrected chi connectivity index (χ3v) is 4.37. The van der Waals surface area contributed by atoms with E-state index in [1.54, 1.807) is 18.4 Å². The molecule has 0 aliphatic heterocycles. The van der Waals surface area contributed by atoms with E-state index in [2.05, 4.69) is 39.3 Å². The molecule has 0 fully saturated rings. The summed E-state index contributed by atoms with van der Waals surface area (Å²) in [6.07, 6.45) is 3.80. The number of nitrogens with zero attached hydrogens (tertiary/aromatic N) is 2. The molecule has 0 aliphatic carbocycles. The lowest BCUT2D eigenvalue weighted by molar-refractivity contribution is 0.413. The van der Waals surface area contributed by atoms with Crippen molar-refractivity contribution in [2.45, 2.75) is 12.6 Å². The number of methoxy groups -OCH3 is 1. The Hall–Kier alpha value is -2.11. The maximum Gasteiger partial charge on any atom is 0.130 e. The predicted molar refractivity (Wildman–Crippen MR) is 89.2 cm³/mol. The lowest BCUT2D eigenvalue weighted by Crippen LogP contribution is -2.24. The van der Waals surface area contributed by atoms with Crippen LogP contribution in [0.4, 0.5) is 0 Å². The van der Waals surface area contributed by atoms with E-state index in [9.17, 15) is 0 Å². The number of nitrogens with one attached hydrogen (secondary N) is 1. The van der Waals surface area contributed by atoms with Crippen LogP contribution in [0, 0.1) is 0 Å². The summed E-state index contributed by atoms with van der Waals surface area (Å²) >= 11 is 1.71. The predicted octanol–water partition coefficient (Wildman–Crippen LogP) is 3.37. The van der Waals surface area contributed by atoms with Crippen LogP contribution in [0.5, 0.6) is 5.75 Å². The molecule has 114 valence electrons. The van der Waals surface area contributed by atoms with E-state index in [-0.39, 0.29) is 6.04 Å². The Morgan fingerprint density at radius 2 is 2.27 bits per heavy atom. The second-order valence-electron chi connectivity index (χ2n) is 5.12. The van der Waals surface area contributed by atoms with Gasteiger partial charge < -0.3 is 9.30 Å². The fourth-order valence-electron chi connectivity index (χ4n) is 2.45. The lowest BCUT2D eigenvalue weighted by Gasteiger charge is -2.19. The van der Waals surface area contributed by atoms with Crippen molar-refractivity contribution in [2.75, 3.05) is 7.11 Å². The van der Waals surface area contributed by atoms with Crippen molar-refractivity contribution in [3.8, 4) is 5.75 Å². The molecule has 2 heterocycles. The van der Waals surface area contributed by atoms with Gasteiger partial charge in [-0.25, -0.2) is 4.98 Å². The quantitative estimate of drug-likeness (QED) is 0.758. The normalized spacial score (nSPS) is 12.3. The maximum absolute atomic E-state index is 5.35. The van der Waals surface area contributed by atoms with Crippen molar-refractivity contribution >= 4 is 11.3 Å². The largest absolute Gasteiger partial charge is 0.497 e. The zero-order valence-electron chi connectivity index (χ0n) is 12.7. The van der Waals surface area contributed by atoms with Crippen LogP contribution in [0.25, 0.3) is 0 Å². The number of ether oxygens (including phenoxy) is 1. The maximum atomic E-state index is 5.35. The molecular formula is C17H19N3OS. The summed E-state index contributed by atoms with van der Waals surface area (Å²) in [5.41, 5.74) is 2.43. The van der Waals surface area contributed by atoms with Gasteiger partial charge in [-0.15, -0.1) is 0 Å². The van der Waals surface area contributed by atoms with E-state index in [0.717, 1.165) is 23.7 Å². The Bertz CT molecular complexity index is 721. The van der Waals surface area contributed by atoms with E-state index in [1.165, 1.54) is 5.56 Å². The van der Waals surface area contributed by atoms with Gasteiger partial charge in [-0.3, -0.25) is 5.32 Å². The number of thiophene rings is 1. The van der Waals surface area contributed by atoms with Gasteiger partial charge in [0.05, 0.1) is 13.2 Å². The van der Waals surface area contributed by atoms with Crippen LogP contribution in [0.15, 0.2) is 53.5 Å². The molecule has 0 bridgehead atoms. The molecule has 4 nitrogen and oxygen atoms in total. The SMILES string of the molecule is COc1cccc(C(NCc2ccsc2)c2nccn2C)c1. The number of aryl methyl sites for hydroxylation is 1. The Morgan fingerprint density at radius 3 is 2.95 bits per heavy atom. The minimum atomic E-state index is 0.0231. The first-order valence-electron chi connectivity index (χ1n) is 7.13. The second-order valence-corrected chi connectivity index (χ2v) is 5.90. The molecule has 0 aliphatic rings. The topological polar surface area (TPSA) is 39.1 Å². The highest BCUT2D eigenvalue weighted by Gasteiger charge is 2.18. The number of benzene rings is 1. The zero-order chi connectivity index (χ0) is 15.4. The number of hydrogen-bond acceptors (Lipinski definition) is 4. The van der Waals surface area contributed by atoms with Crippen molar-refractivity contribution in [1.29, 1.82) is 0 Å². The molecule has 0 radical (unpaired) electrons. The van der Waals surface area contributed by atoms with Crippen LogP contribution in [0.2, 0.25) is 0 Å². The van der Waals surface area contributed by atoms with Crippen LogP contribution in [-0.2, 0) is 13.6 Å². The molecule has 0 saturated carbocycles. The molecule has 0 amide bonds.